The first-order valence-electron chi connectivity index (χ1n) is 8.32. The van der Waals surface area contributed by atoms with E-state index in [1.807, 2.05) is 24.3 Å². The van der Waals surface area contributed by atoms with Gasteiger partial charge < -0.3 is 5.73 Å². The van der Waals surface area contributed by atoms with Crippen molar-refractivity contribution in [1.82, 2.24) is 0 Å². The summed E-state index contributed by atoms with van der Waals surface area (Å²) < 4.78 is 2.13. The zero-order valence-corrected chi connectivity index (χ0v) is 16.9. The molecule has 0 radical (unpaired) electrons. The second-order valence-electron chi connectivity index (χ2n) is 6.37. The van der Waals surface area contributed by atoms with Gasteiger partial charge in [0.05, 0.1) is 11.6 Å². The molecule has 0 unspecified atom stereocenters. The van der Waals surface area contributed by atoms with Crippen molar-refractivity contribution in [3.8, 4) is 6.07 Å². The molecule has 0 saturated carbocycles. The predicted octanol–water partition coefficient (Wildman–Crippen LogP) is 4.85. The van der Waals surface area contributed by atoms with Crippen LogP contribution in [-0.2, 0) is 25.7 Å². The number of primary amides is 1. The van der Waals surface area contributed by atoms with Gasteiger partial charge in [-0.25, -0.2) is 0 Å². The summed E-state index contributed by atoms with van der Waals surface area (Å²) in [6, 6.07) is 9.81. The van der Waals surface area contributed by atoms with E-state index in [-0.39, 0.29) is 5.91 Å². The van der Waals surface area contributed by atoms with Crippen LogP contribution in [0.2, 0.25) is 0 Å². The number of nitrogens with two attached hydrogens (primary N) is 1. The van der Waals surface area contributed by atoms with Crippen LogP contribution >= 0.6 is 31.9 Å². The number of rotatable bonds is 1. The largest absolute Gasteiger partial charge is 0.366 e. The van der Waals surface area contributed by atoms with E-state index in [9.17, 15) is 4.79 Å². The summed E-state index contributed by atoms with van der Waals surface area (Å²) in [5.74, 6) is -0.351. The lowest BCUT2D eigenvalue weighted by atomic mass is 10.1. The van der Waals surface area contributed by atoms with Crippen LogP contribution in [-0.4, -0.2) is 5.91 Å². The fourth-order valence-electron chi connectivity index (χ4n) is 3.51. The Morgan fingerprint density at radius 3 is 2.04 bits per heavy atom. The Morgan fingerprint density at radius 1 is 0.920 bits per heavy atom. The summed E-state index contributed by atoms with van der Waals surface area (Å²) in [7, 11) is 0. The van der Waals surface area contributed by atoms with Gasteiger partial charge in [-0.15, -0.1) is 0 Å². The molecule has 1 amide bonds. The number of hydrogen-bond acceptors (Lipinski definition) is 2. The second kappa shape index (κ2) is 7.72. The Labute approximate surface area is 164 Å². The van der Waals surface area contributed by atoms with Crippen molar-refractivity contribution >= 4 is 37.8 Å². The molecule has 128 valence electrons. The molecule has 0 aliphatic heterocycles. The number of hydrogen-bond donors (Lipinski definition) is 1. The summed E-state index contributed by atoms with van der Waals surface area (Å²) in [5, 5.41) is 8.72. The van der Waals surface area contributed by atoms with Crippen LogP contribution in [0.3, 0.4) is 0 Å². The molecule has 2 N–H and O–H groups in total. The van der Waals surface area contributed by atoms with E-state index in [0.717, 1.165) is 40.2 Å². The number of benzene rings is 2. The third-order valence-electron chi connectivity index (χ3n) is 4.74. The summed E-state index contributed by atoms with van der Waals surface area (Å²) in [6.45, 7) is 0. The zero-order chi connectivity index (χ0) is 18.0. The van der Waals surface area contributed by atoms with E-state index in [1.54, 1.807) is 0 Å². The second-order valence-corrected chi connectivity index (χ2v) is 8.08. The molecule has 25 heavy (non-hydrogen) atoms. The van der Waals surface area contributed by atoms with Gasteiger partial charge in [0.15, 0.2) is 0 Å². The number of halogens is 2. The van der Waals surface area contributed by atoms with E-state index >= 15 is 0 Å². The van der Waals surface area contributed by atoms with Crippen molar-refractivity contribution in [3.63, 3.8) is 0 Å². The molecule has 0 heterocycles. The Morgan fingerprint density at radius 2 is 1.48 bits per heavy atom. The standard InChI is InChI=1S/C10H10BrNO.C10H8BrN/c11-9-5-7(10(12)13)4-6-2-1-3-8(6)9;11-10-5-7(6-12)4-8-2-1-3-9(8)10/h4-5H,1-3H2,(H2,12,13);4-5H,1-3H2. The highest BCUT2D eigenvalue weighted by atomic mass is 79.9. The maximum atomic E-state index is 11.0. The average molecular weight is 462 g/mol. The van der Waals surface area contributed by atoms with Gasteiger partial charge in [0.2, 0.25) is 5.91 Å². The summed E-state index contributed by atoms with van der Waals surface area (Å²) in [4.78, 5) is 11.0. The van der Waals surface area contributed by atoms with E-state index in [1.165, 1.54) is 35.1 Å². The van der Waals surface area contributed by atoms with Crippen molar-refractivity contribution in [2.45, 2.75) is 38.5 Å². The number of aryl methyl sites for hydroxylation is 2. The number of amides is 1. The molecule has 0 saturated heterocycles. The summed E-state index contributed by atoms with van der Waals surface area (Å²) in [6.07, 6.45) is 6.86. The van der Waals surface area contributed by atoms with Gasteiger partial charge in [0.1, 0.15) is 0 Å². The third kappa shape index (κ3) is 3.96. The molecular formula is C20H18Br2N2O. The first-order valence-corrected chi connectivity index (χ1v) is 9.90. The molecule has 0 aromatic heterocycles. The van der Waals surface area contributed by atoms with E-state index in [2.05, 4.69) is 37.9 Å². The normalized spacial score (nSPS) is 14.1. The predicted molar refractivity (Wildman–Crippen MR) is 106 cm³/mol. The van der Waals surface area contributed by atoms with Crippen molar-refractivity contribution in [3.05, 3.63) is 66.6 Å². The third-order valence-corrected chi connectivity index (χ3v) is 6.15. The minimum atomic E-state index is -0.351. The van der Waals surface area contributed by atoms with E-state index < -0.39 is 0 Å². The SMILES string of the molecule is N#Cc1cc(Br)c2c(c1)CCC2.NC(=O)c1cc(Br)c2c(c1)CCC2. The molecule has 0 atom stereocenters. The van der Waals surface area contributed by atoms with Gasteiger partial charge in [0, 0.05) is 14.5 Å². The minimum Gasteiger partial charge on any atom is -0.366 e. The molecule has 0 bridgehead atoms. The molecule has 4 rings (SSSR count). The van der Waals surface area contributed by atoms with Gasteiger partial charge in [-0.3, -0.25) is 4.79 Å². The van der Waals surface area contributed by atoms with Gasteiger partial charge in [-0.1, -0.05) is 31.9 Å². The Kier molecular flexibility index (Phi) is 5.61. The number of nitriles is 1. The van der Waals surface area contributed by atoms with Crippen LogP contribution in [0.15, 0.2) is 33.2 Å². The molecule has 3 nitrogen and oxygen atoms in total. The minimum absolute atomic E-state index is 0.351. The van der Waals surface area contributed by atoms with Crippen LogP contribution in [0, 0.1) is 11.3 Å². The highest BCUT2D eigenvalue weighted by Crippen LogP contribution is 2.31. The lowest BCUT2D eigenvalue weighted by Gasteiger charge is -2.04. The summed E-state index contributed by atoms with van der Waals surface area (Å²) in [5.41, 5.74) is 11.9. The highest BCUT2D eigenvalue weighted by Gasteiger charge is 2.16. The molecular weight excluding hydrogens is 444 g/mol. The molecule has 2 aromatic carbocycles. The van der Waals surface area contributed by atoms with Crippen molar-refractivity contribution in [1.29, 1.82) is 5.26 Å². The highest BCUT2D eigenvalue weighted by molar-refractivity contribution is 9.10. The molecule has 2 aliphatic rings. The fraction of sp³-hybridized carbons (Fsp3) is 0.300. The monoisotopic (exact) mass is 460 g/mol. The number of carbonyl (C=O) groups is 1. The number of carbonyl (C=O) groups excluding carboxylic acids is 1. The number of fused-ring (bicyclic) bond motifs is 2. The molecule has 2 aliphatic carbocycles. The van der Waals surface area contributed by atoms with Crippen molar-refractivity contribution in [2.24, 2.45) is 5.73 Å². The first-order chi connectivity index (χ1) is 12.0. The van der Waals surface area contributed by atoms with E-state index in [0.29, 0.717) is 5.56 Å². The Balaban J connectivity index is 0.000000146. The van der Waals surface area contributed by atoms with Crippen molar-refractivity contribution < 1.29 is 4.79 Å². The molecule has 0 fully saturated rings. The topological polar surface area (TPSA) is 66.9 Å². The van der Waals surface area contributed by atoms with E-state index in [4.69, 9.17) is 11.0 Å². The molecule has 5 heteroatoms. The van der Waals surface area contributed by atoms with Gasteiger partial charge in [-0.2, -0.15) is 5.26 Å². The Hall–Kier alpha value is -1.64. The van der Waals surface area contributed by atoms with Crippen molar-refractivity contribution in [2.75, 3.05) is 0 Å². The quantitative estimate of drug-likeness (QED) is 0.659. The first kappa shape index (κ1) is 18.2. The summed E-state index contributed by atoms with van der Waals surface area (Å²) >= 11 is 6.95. The van der Waals surface area contributed by atoms with Crippen LogP contribution in [0.5, 0.6) is 0 Å². The van der Waals surface area contributed by atoms with Crippen LogP contribution < -0.4 is 5.73 Å². The Bertz CT molecular complexity index is 884. The van der Waals surface area contributed by atoms with Gasteiger partial charge >= 0.3 is 0 Å². The van der Waals surface area contributed by atoms with Gasteiger partial charge in [-0.05, 0) is 85.0 Å². The smallest absolute Gasteiger partial charge is 0.248 e. The molecule has 2 aromatic rings. The zero-order valence-electron chi connectivity index (χ0n) is 13.7. The van der Waals surface area contributed by atoms with Crippen LogP contribution in [0.25, 0.3) is 0 Å². The maximum absolute atomic E-state index is 11.0. The molecule has 0 spiro atoms. The average Bonchev–Trinajstić information content (AvgIpc) is 3.24. The van der Waals surface area contributed by atoms with Crippen LogP contribution in [0.1, 0.15) is 51.0 Å². The maximum Gasteiger partial charge on any atom is 0.248 e. The lowest BCUT2D eigenvalue weighted by Crippen LogP contribution is -2.11. The lowest BCUT2D eigenvalue weighted by molar-refractivity contribution is 0.1000. The number of nitrogens with zero attached hydrogens (tertiary/aromatic N) is 1. The fourth-order valence-corrected chi connectivity index (χ4v) is 4.91. The van der Waals surface area contributed by atoms with Crippen LogP contribution in [0.4, 0.5) is 0 Å². The van der Waals surface area contributed by atoms with Gasteiger partial charge in [0.25, 0.3) is 0 Å².